The second-order valence-electron chi connectivity index (χ2n) is 5.89. The number of pyridine rings is 1. The molecule has 1 fully saturated rings. The summed E-state index contributed by atoms with van der Waals surface area (Å²) in [6, 6.07) is 4.77. The maximum absolute atomic E-state index is 5.66. The molecule has 1 aromatic heterocycles. The minimum absolute atomic E-state index is 0.440. The predicted molar refractivity (Wildman–Crippen MR) is 82.8 cm³/mol. The van der Waals surface area contributed by atoms with Crippen LogP contribution in [0, 0.1) is 12.8 Å². The van der Waals surface area contributed by atoms with Gasteiger partial charge in [-0.1, -0.05) is 13.0 Å². The summed E-state index contributed by atoms with van der Waals surface area (Å²) < 4.78 is 5.66. The molecule has 1 N–H and O–H groups in total. The van der Waals surface area contributed by atoms with Crippen LogP contribution in [0.25, 0.3) is 0 Å². The zero-order valence-corrected chi connectivity index (χ0v) is 13.1. The van der Waals surface area contributed by atoms with Gasteiger partial charge in [0.15, 0.2) is 0 Å². The van der Waals surface area contributed by atoms with Crippen LogP contribution in [-0.4, -0.2) is 24.2 Å². The molecule has 0 spiro atoms. The fourth-order valence-electron chi connectivity index (χ4n) is 2.91. The number of rotatable bonds is 8. The molecule has 3 heteroatoms. The van der Waals surface area contributed by atoms with Gasteiger partial charge in [0.1, 0.15) is 0 Å². The molecule has 0 aliphatic heterocycles. The first-order valence-corrected chi connectivity index (χ1v) is 8.00. The van der Waals surface area contributed by atoms with Crippen molar-refractivity contribution in [2.24, 2.45) is 5.92 Å². The van der Waals surface area contributed by atoms with Crippen LogP contribution in [0.4, 0.5) is 0 Å². The molecule has 0 bridgehead atoms. The van der Waals surface area contributed by atoms with Crippen LogP contribution < -0.4 is 5.32 Å². The Hall–Kier alpha value is -0.930. The molecule has 112 valence electrons. The maximum Gasteiger partial charge on any atom is 0.0580 e. The Kier molecular flexibility index (Phi) is 5.99. The molecule has 1 aromatic rings. The van der Waals surface area contributed by atoms with E-state index >= 15 is 0 Å². The van der Waals surface area contributed by atoms with Crippen LogP contribution >= 0.6 is 0 Å². The normalized spacial score (nSPS) is 23.4. The molecule has 3 nitrogen and oxygen atoms in total. The average Bonchev–Trinajstić information content (AvgIpc) is 2.41. The summed E-state index contributed by atoms with van der Waals surface area (Å²) in [7, 11) is 0. The molecular weight excluding hydrogens is 248 g/mol. The van der Waals surface area contributed by atoms with Crippen molar-refractivity contribution in [3.05, 3.63) is 29.6 Å². The molecule has 1 unspecified atom stereocenters. The van der Waals surface area contributed by atoms with Gasteiger partial charge in [0.2, 0.25) is 0 Å². The quantitative estimate of drug-likeness (QED) is 0.787. The lowest BCUT2D eigenvalue weighted by Gasteiger charge is -2.37. The monoisotopic (exact) mass is 276 g/mol. The summed E-state index contributed by atoms with van der Waals surface area (Å²) in [5, 5.41) is 3.67. The van der Waals surface area contributed by atoms with Crippen LogP contribution in [0.1, 0.15) is 56.8 Å². The second-order valence-corrected chi connectivity index (χ2v) is 5.89. The molecule has 1 atom stereocenters. The molecule has 0 saturated heterocycles. The predicted octanol–water partition coefficient (Wildman–Crippen LogP) is 3.64. The topological polar surface area (TPSA) is 34.1 Å². The molecule has 1 aliphatic carbocycles. The first-order valence-electron chi connectivity index (χ1n) is 8.00. The Morgan fingerprint density at radius 1 is 1.35 bits per heavy atom. The van der Waals surface area contributed by atoms with E-state index in [1.54, 1.807) is 0 Å². The molecular formula is C17H28N2O. The minimum Gasteiger partial charge on any atom is -0.378 e. The Balaban J connectivity index is 1.89. The summed E-state index contributed by atoms with van der Waals surface area (Å²) >= 11 is 0. The highest BCUT2D eigenvalue weighted by Crippen LogP contribution is 2.36. The number of nitrogens with one attached hydrogen (secondary N) is 1. The first-order chi connectivity index (χ1) is 9.72. The highest BCUT2D eigenvalue weighted by atomic mass is 16.5. The molecule has 20 heavy (non-hydrogen) atoms. The highest BCUT2D eigenvalue weighted by molar-refractivity contribution is 5.17. The van der Waals surface area contributed by atoms with E-state index in [9.17, 15) is 0 Å². The van der Waals surface area contributed by atoms with Gasteiger partial charge in [0.05, 0.1) is 6.10 Å². The van der Waals surface area contributed by atoms with E-state index in [0.29, 0.717) is 12.1 Å². The van der Waals surface area contributed by atoms with Gasteiger partial charge in [0.25, 0.3) is 0 Å². The van der Waals surface area contributed by atoms with Crippen molar-refractivity contribution in [1.29, 1.82) is 0 Å². The lowest BCUT2D eigenvalue weighted by atomic mass is 9.77. The van der Waals surface area contributed by atoms with Crippen molar-refractivity contribution in [1.82, 2.24) is 10.3 Å². The third kappa shape index (κ3) is 4.29. The molecule has 1 saturated carbocycles. The van der Waals surface area contributed by atoms with Gasteiger partial charge < -0.3 is 10.1 Å². The third-order valence-electron chi connectivity index (χ3n) is 4.14. The summed E-state index contributed by atoms with van der Waals surface area (Å²) in [5.41, 5.74) is 2.41. The largest absolute Gasteiger partial charge is 0.378 e. The fraction of sp³-hybridized carbons (Fsp3) is 0.706. The molecule has 0 radical (unpaired) electrons. The highest BCUT2D eigenvalue weighted by Gasteiger charge is 2.31. The van der Waals surface area contributed by atoms with Crippen LogP contribution in [0.2, 0.25) is 0 Å². The number of ether oxygens (including phenoxy) is 1. The Bertz CT molecular complexity index is 384. The fourth-order valence-corrected chi connectivity index (χ4v) is 2.91. The van der Waals surface area contributed by atoms with Crippen molar-refractivity contribution in [2.45, 2.75) is 58.6 Å². The van der Waals surface area contributed by atoms with Gasteiger partial charge in [-0.3, -0.25) is 4.98 Å². The van der Waals surface area contributed by atoms with Crippen molar-refractivity contribution in [2.75, 3.05) is 13.2 Å². The summed E-state index contributed by atoms with van der Waals surface area (Å²) in [6.45, 7) is 8.25. The Labute approximate surface area is 123 Å². The Morgan fingerprint density at radius 2 is 2.15 bits per heavy atom. The van der Waals surface area contributed by atoms with Crippen molar-refractivity contribution in [3.63, 3.8) is 0 Å². The molecule has 2 rings (SSSR count). The number of hydrogen-bond donors (Lipinski definition) is 1. The number of aromatic nitrogens is 1. The molecule has 0 amide bonds. The molecule has 1 heterocycles. The number of aryl methyl sites for hydroxylation is 1. The van der Waals surface area contributed by atoms with Crippen LogP contribution in [-0.2, 0) is 4.74 Å². The third-order valence-corrected chi connectivity index (χ3v) is 4.14. The summed E-state index contributed by atoms with van der Waals surface area (Å²) in [4.78, 5) is 4.44. The standard InChI is InChI=1S/C17H28N2O/c1-4-8-18-17(15-7-6-13(3)19-12-15)11-14-9-16(10-14)20-5-2/h6-7,12,14,16-18H,4-5,8-11H2,1-3H3. The number of nitrogens with zero attached hydrogens (tertiary/aromatic N) is 1. The lowest BCUT2D eigenvalue weighted by Crippen LogP contribution is -2.35. The van der Waals surface area contributed by atoms with E-state index in [-0.39, 0.29) is 0 Å². The van der Waals surface area contributed by atoms with Crippen molar-refractivity contribution in [3.8, 4) is 0 Å². The van der Waals surface area contributed by atoms with Crippen LogP contribution in [0.5, 0.6) is 0 Å². The van der Waals surface area contributed by atoms with Gasteiger partial charge >= 0.3 is 0 Å². The van der Waals surface area contributed by atoms with Crippen LogP contribution in [0.15, 0.2) is 18.3 Å². The van der Waals surface area contributed by atoms with Gasteiger partial charge in [-0.2, -0.15) is 0 Å². The van der Waals surface area contributed by atoms with E-state index in [1.807, 2.05) is 13.1 Å². The zero-order valence-electron chi connectivity index (χ0n) is 13.1. The molecule has 1 aliphatic rings. The smallest absolute Gasteiger partial charge is 0.0580 e. The van der Waals surface area contributed by atoms with E-state index in [2.05, 4.69) is 36.3 Å². The summed E-state index contributed by atoms with van der Waals surface area (Å²) in [5.74, 6) is 0.794. The van der Waals surface area contributed by atoms with E-state index in [1.165, 1.54) is 31.2 Å². The van der Waals surface area contributed by atoms with Gasteiger partial charge in [0, 0.05) is 24.5 Å². The SMILES string of the molecule is CCCNC(CC1CC(OCC)C1)c1ccc(C)nc1. The average molecular weight is 276 g/mol. The minimum atomic E-state index is 0.440. The zero-order chi connectivity index (χ0) is 14.4. The van der Waals surface area contributed by atoms with Gasteiger partial charge in [-0.25, -0.2) is 0 Å². The van der Waals surface area contributed by atoms with Crippen LogP contribution in [0.3, 0.4) is 0 Å². The van der Waals surface area contributed by atoms with Gasteiger partial charge in [-0.15, -0.1) is 0 Å². The van der Waals surface area contributed by atoms with E-state index in [4.69, 9.17) is 4.74 Å². The first kappa shape index (κ1) is 15.5. The second kappa shape index (κ2) is 7.75. The molecule has 0 aromatic carbocycles. The van der Waals surface area contributed by atoms with Crippen molar-refractivity contribution >= 4 is 0 Å². The van der Waals surface area contributed by atoms with Gasteiger partial charge in [-0.05, 0) is 63.6 Å². The summed E-state index contributed by atoms with van der Waals surface area (Å²) in [6.07, 6.45) is 7.35. The van der Waals surface area contributed by atoms with Crippen molar-refractivity contribution < 1.29 is 4.74 Å². The lowest BCUT2D eigenvalue weighted by molar-refractivity contribution is -0.0291. The van der Waals surface area contributed by atoms with E-state index in [0.717, 1.165) is 24.8 Å². The van der Waals surface area contributed by atoms with E-state index < -0.39 is 0 Å². The Morgan fingerprint density at radius 3 is 2.75 bits per heavy atom. The maximum atomic E-state index is 5.66. The number of hydrogen-bond acceptors (Lipinski definition) is 3.